The maximum atomic E-state index is 12.8. The number of nitrogens with one attached hydrogen (secondary N) is 1. The molecule has 1 N–H and O–H groups in total. The molecule has 2 aromatic rings. The number of carbonyl (C=O) groups excluding carboxylic acids is 2. The molecule has 2 heterocycles. The van der Waals surface area contributed by atoms with E-state index in [4.69, 9.17) is 9.73 Å². The number of benzene rings is 2. The van der Waals surface area contributed by atoms with Crippen molar-refractivity contribution < 1.29 is 14.3 Å². The van der Waals surface area contributed by atoms with E-state index in [0.29, 0.717) is 23.2 Å². The van der Waals surface area contributed by atoms with E-state index in [0.717, 1.165) is 35.1 Å². The molecular weight excluding hydrogens is 410 g/mol. The van der Waals surface area contributed by atoms with Crippen molar-refractivity contribution in [2.75, 3.05) is 24.7 Å². The molecule has 1 amide bonds. The zero-order valence-corrected chi connectivity index (χ0v) is 18.4. The number of hydrogen-bond acceptors (Lipinski definition) is 6. The molecule has 31 heavy (non-hydrogen) atoms. The van der Waals surface area contributed by atoms with E-state index in [1.54, 1.807) is 23.9 Å². The van der Waals surface area contributed by atoms with Gasteiger partial charge in [-0.05, 0) is 42.7 Å². The normalized spacial score (nSPS) is 18.2. The quantitative estimate of drug-likeness (QED) is 0.694. The van der Waals surface area contributed by atoms with Gasteiger partial charge in [-0.3, -0.25) is 4.79 Å². The minimum atomic E-state index is -0.362. The lowest BCUT2D eigenvalue weighted by atomic mass is 9.93. The molecule has 4 rings (SSSR count). The van der Waals surface area contributed by atoms with Crippen LogP contribution in [0.2, 0.25) is 0 Å². The Morgan fingerprint density at radius 1 is 1.19 bits per heavy atom. The summed E-state index contributed by atoms with van der Waals surface area (Å²) in [6.07, 6.45) is 1.66. The van der Waals surface area contributed by atoms with Crippen LogP contribution in [0.1, 0.15) is 41.7 Å². The monoisotopic (exact) mass is 435 g/mol. The Kier molecular flexibility index (Phi) is 6.42. The summed E-state index contributed by atoms with van der Waals surface area (Å²) in [5, 5.41) is 3.91. The largest absolute Gasteiger partial charge is 0.466 e. The first-order valence-corrected chi connectivity index (χ1v) is 11.4. The maximum Gasteiger partial charge on any atom is 0.338 e. The van der Waals surface area contributed by atoms with Gasteiger partial charge in [0, 0.05) is 23.5 Å². The molecule has 0 aromatic heterocycles. The van der Waals surface area contributed by atoms with Crippen LogP contribution in [0.15, 0.2) is 70.9 Å². The van der Waals surface area contributed by atoms with E-state index in [-0.39, 0.29) is 17.9 Å². The van der Waals surface area contributed by atoms with Gasteiger partial charge in [0.25, 0.3) is 5.91 Å². The first kappa shape index (κ1) is 21.2. The average molecular weight is 436 g/mol. The van der Waals surface area contributed by atoms with Crippen molar-refractivity contribution in [1.29, 1.82) is 0 Å². The summed E-state index contributed by atoms with van der Waals surface area (Å²) in [6.45, 7) is 2.81. The summed E-state index contributed by atoms with van der Waals surface area (Å²) in [4.78, 5) is 32.4. The third kappa shape index (κ3) is 4.37. The van der Waals surface area contributed by atoms with E-state index in [1.165, 1.54) is 7.11 Å². The van der Waals surface area contributed by atoms with Crippen LogP contribution in [0.5, 0.6) is 0 Å². The van der Waals surface area contributed by atoms with E-state index < -0.39 is 0 Å². The number of nitrogens with zero attached hydrogens (tertiary/aromatic N) is 2. The number of carbonyl (C=O) groups is 2. The molecule has 1 atom stereocenters. The molecule has 1 saturated heterocycles. The fourth-order valence-corrected chi connectivity index (χ4v) is 4.93. The van der Waals surface area contributed by atoms with Gasteiger partial charge in [-0.2, -0.15) is 0 Å². The smallest absolute Gasteiger partial charge is 0.338 e. The van der Waals surface area contributed by atoms with E-state index in [2.05, 4.69) is 10.2 Å². The van der Waals surface area contributed by atoms with Crippen molar-refractivity contribution in [1.82, 2.24) is 4.90 Å². The summed E-state index contributed by atoms with van der Waals surface area (Å²) in [5.74, 6) is 0.480. The average Bonchev–Trinajstić information content (AvgIpc) is 2.83. The maximum absolute atomic E-state index is 12.8. The highest BCUT2D eigenvalue weighted by molar-refractivity contribution is 8.13. The lowest BCUT2D eigenvalue weighted by Crippen LogP contribution is -2.42. The summed E-state index contributed by atoms with van der Waals surface area (Å²) >= 11 is 1.72. The van der Waals surface area contributed by atoms with Gasteiger partial charge in [-0.25, -0.2) is 9.79 Å². The molecule has 0 radical (unpaired) electrons. The number of methoxy groups -OCH3 is 1. The Morgan fingerprint density at radius 3 is 2.74 bits per heavy atom. The van der Waals surface area contributed by atoms with Gasteiger partial charge < -0.3 is 15.0 Å². The number of amides is 1. The summed E-state index contributed by atoms with van der Waals surface area (Å²) in [7, 11) is 1.40. The first-order chi connectivity index (χ1) is 15.1. The third-order valence-corrected chi connectivity index (χ3v) is 6.46. The number of ether oxygens (including phenoxy) is 1. The van der Waals surface area contributed by atoms with Crippen molar-refractivity contribution in [3.8, 4) is 0 Å². The molecule has 7 heteroatoms. The van der Waals surface area contributed by atoms with E-state index in [9.17, 15) is 9.59 Å². The van der Waals surface area contributed by atoms with E-state index in [1.807, 2.05) is 49.4 Å². The fraction of sp³-hybridized carbons (Fsp3) is 0.292. The summed E-state index contributed by atoms with van der Waals surface area (Å²) in [5.41, 5.74) is 3.53. The molecule has 0 unspecified atom stereocenters. The van der Waals surface area contributed by atoms with Crippen LogP contribution in [0.25, 0.3) is 0 Å². The Bertz CT molecular complexity index is 1050. The first-order valence-electron chi connectivity index (χ1n) is 10.4. The van der Waals surface area contributed by atoms with Crippen molar-refractivity contribution in [3.63, 3.8) is 0 Å². The number of amidine groups is 1. The lowest BCUT2D eigenvalue weighted by molar-refractivity contribution is -0.137. The van der Waals surface area contributed by atoms with Crippen molar-refractivity contribution in [3.05, 3.63) is 77.0 Å². The lowest BCUT2D eigenvalue weighted by Gasteiger charge is -2.40. The zero-order chi connectivity index (χ0) is 21.8. The molecule has 160 valence electrons. The molecule has 1 fully saturated rings. The van der Waals surface area contributed by atoms with E-state index >= 15 is 0 Å². The van der Waals surface area contributed by atoms with Gasteiger partial charge in [0.1, 0.15) is 0 Å². The Hall–Kier alpha value is -3.06. The van der Waals surface area contributed by atoms with Crippen molar-refractivity contribution in [2.45, 2.75) is 25.8 Å². The number of thioether (sulfide) groups is 1. The number of allylic oxidation sites excluding steroid dienone is 1. The standard InChI is InChI=1S/C24H25N3O3S/c1-3-19-20(23(29)30-2)21(27-13-8-14-31-24(27)26-19)17-11-7-12-18(15-17)25-22(28)16-9-5-4-6-10-16/h4-7,9-12,15,21H,3,8,13-14H2,1-2H3,(H,25,28)/t21-/m0/s1. The molecule has 0 aliphatic carbocycles. The zero-order valence-electron chi connectivity index (χ0n) is 17.6. The highest BCUT2D eigenvalue weighted by Gasteiger charge is 2.38. The van der Waals surface area contributed by atoms with Gasteiger partial charge in [0.05, 0.1) is 24.4 Å². The van der Waals surface area contributed by atoms with Crippen LogP contribution < -0.4 is 5.32 Å². The molecule has 0 saturated carbocycles. The number of aliphatic imine (C=N–C) groups is 1. The van der Waals surface area contributed by atoms with Crippen LogP contribution in [0.4, 0.5) is 5.69 Å². The van der Waals surface area contributed by atoms with Gasteiger partial charge in [-0.15, -0.1) is 0 Å². The van der Waals surface area contributed by atoms with Gasteiger partial charge >= 0.3 is 5.97 Å². The summed E-state index contributed by atoms with van der Waals surface area (Å²) in [6, 6.07) is 16.5. The van der Waals surface area contributed by atoms with Crippen LogP contribution in [-0.4, -0.2) is 41.4 Å². The van der Waals surface area contributed by atoms with Gasteiger partial charge in [-0.1, -0.05) is 49.0 Å². The second-order valence-electron chi connectivity index (χ2n) is 7.34. The molecule has 2 aromatic carbocycles. The molecule has 2 aliphatic rings. The number of rotatable bonds is 5. The molecule has 6 nitrogen and oxygen atoms in total. The Morgan fingerprint density at radius 2 is 2.00 bits per heavy atom. The number of hydrogen-bond donors (Lipinski definition) is 1. The predicted molar refractivity (Wildman–Crippen MR) is 124 cm³/mol. The van der Waals surface area contributed by atoms with Gasteiger partial charge in [0.15, 0.2) is 5.17 Å². The molecular formula is C24H25N3O3S. The number of esters is 1. The minimum absolute atomic E-state index is 0.171. The topological polar surface area (TPSA) is 71.0 Å². The third-order valence-electron chi connectivity index (χ3n) is 5.38. The fourth-order valence-electron chi connectivity index (χ4n) is 3.94. The molecule has 2 aliphatic heterocycles. The Labute approximate surface area is 186 Å². The summed E-state index contributed by atoms with van der Waals surface area (Å²) < 4.78 is 5.14. The predicted octanol–water partition coefficient (Wildman–Crippen LogP) is 4.63. The Balaban J connectivity index is 1.71. The van der Waals surface area contributed by atoms with Crippen molar-refractivity contribution in [2.24, 2.45) is 4.99 Å². The van der Waals surface area contributed by atoms with Crippen LogP contribution in [-0.2, 0) is 9.53 Å². The highest BCUT2D eigenvalue weighted by Crippen LogP contribution is 2.41. The molecule has 0 bridgehead atoms. The highest BCUT2D eigenvalue weighted by atomic mass is 32.2. The van der Waals surface area contributed by atoms with Gasteiger partial charge in [0.2, 0.25) is 0 Å². The second kappa shape index (κ2) is 9.39. The number of fused-ring (bicyclic) bond motifs is 1. The SMILES string of the molecule is CCC1=C(C(=O)OC)[C@H](c2cccc(NC(=O)c3ccccc3)c2)N2CCCSC2=N1. The van der Waals surface area contributed by atoms with Crippen LogP contribution in [0, 0.1) is 0 Å². The second-order valence-corrected chi connectivity index (χ2v) is 8.41. The minimum Gasteiger partial charge on any atom is -0.466 e. The molecule has 0 spiro atoms. The van der Waals surface area contributed by atoms with Crippen molar-refractivity contribution >= 4 is 34.5 Å². The van der Waals surface area contributed by atoms with Crippen LogP contribution in [0.3, 0.4) is 0 Å². The number of anilines is 1. The van der Waals surface area contributed by atoms with Crippen LogP contribution >= 0.6 is 11.8 Å².